The third kappa shape index (κ3) is 8.48. The van der Waals surface area contributed by atoms with E-state index in [1.807, 2.05) is 0 Å². The van der Waals surface area contributed by atoms with Gasteiger partial charge < -0.3 is 4.55 Å². The third-order valence-corrected chi connectivity index (χ3v) is 8.27. The van der Waals surface area contributed by atoms with E-state index in [1.54, 1.807) is 0 Å². The van der Waals surface area contributed by atoms with Crippen LogP contribution >= 0.6 is 0 Å². The van der Waals surface area contributed by atoms with Gasteiger partial charge in [0.2, 0.25) is 0 Å². The maximum Gasteiger partial charge on any atom is 0.460 e. The van der Waals surface area contributed by atoms with Crippen LogP contribution in [0.1, 0.15) is 64.7 Å². The van der Waals surface area contributed by atoms with Gasteiger partial charge in [-0.3, -0.25) is 4.79 Å². The van der Waals surface area contributed by atoms with E-state index < -0.39 is 33.4 Å². The molecule has 0 spiro atoms. The van der Waals surface area contributed by atoms with E-state index in [2.05, 4.69) is 13.2 Å². The van der Waals surface area contributed by atoms with Crippen LogP contribution in [-0.2, 0) is 25.8 Å². The van der Waals surface area contributed by atoms with Crippen molar-refractivity contribution in [1.82, 2.24) is 0 Å². The molecule has 0 N–H and O–H groups in total. The molecule has 4 nitrogen and oxygen atoms in total. The summed E-state index contributed by atoms with van der Waals surface area (Å²) in [5.41, 5.74) is 0. The molecule has 1 fully saturated rings. The average molecular weight is 543 g/mol. The number of alkyl halides is 9. The van der Waals surface area contributed by atoms with Gasteiger partial charge in [-0.1, -0.05) is 26.2 Å². The Hall–Kier alpha value is -0.700. The summed E-state index contributed by atoms with van der Waals surface area (Å²) in [6.45, 7) is 2.19. The molecule has 0 saturated heterocycles. The first-order valence-corrected chi connectivity index (χ1v) is 13.3. The van der Waals surface area contributed by atoms with Crippen LogP contribution in [0.5, 0.6) is 0 Å². The fourth-order valence-corrected chi connectivity index (χ4v) is 5.47. The van der Waals surface area contributed by atoms with Crippen molar-refractivity contribution in [3.05, 3.63) is 0 Å². The van der Waals surface area contributed by atoms with E-state index in [1.165, 1.54) is 44.9 Å². The standard InChI is InChI=1S/C14H27OS.C4HF9O3S/c1-3-4-6-9-13(15)12-16(2)14-10-7-5-8-11-14;5-1(6,3(9,10)11)2(7,8)4(12,13)17(14,15)16/h14H,3-12H2,1-2H3;(H,14,15,16)/q+1;/p-1. The molecule has 1 saturated carbocycles. The number of carbonyl (C=O) groups excluding carboxylic acids is 1. The molecule has 15 heteroatoms. The van der Waals surface area contributed by atoms with Crippen LogP contribution in [0.2, 0.25) is 0 Å². The number of hydrogen-bond donors (Lipinski definition) is 0. The summed E-state index contributed by atoms with van der Waals surface area (Å²) >= 11 is 0. The Kier molecular flexibility index (Phi) is 12.1. The van der Waals surface area contributed by atoms with Crippen molar-refractivity contribution in [2.75, 3.05) is 12.0 Å². The third-order valence-electron chi connectivity index (χ3n) is 5.00. The molecule has 33 heavy (non-hydrogen) atoms. The lowest BCUT2D eigenvalue weighted by Crippen LogP contribution is -2.63. The maximum atomic E-state index is 12.2. The van der Waals surface area contributed by atoms with Crippen molar-refractivity contribution in [1.29, 1.82) is 0 Å². The van der Waals surface area contributed by atoms with Gasteiger partial charge in [0.1, 0.15) is 5.25 Å². The summed E-state index contributed by atoms with van der Waals surface area (Å²) < 4.78 is 135. The normalized spacial score (nSPS) is 17.8. The molecular weight excluding hydrogens is 515 g/mol. The lowest BCUT2D eigenvalue weighted by atomic mass is 10.0. The van der Waals surface area contributed by atoms with Crippen LogP contribution < -0.4 is 0 Å². The first-order chi connectivity index (χ1) is 14.7. The van der Waals surface area contributed by atoms with Crippen LogP contribution in [0.3, 0.4) is 0 Å². The molecule has 0 aromatic rings. The Morgan fingerprint density at radius 3 is 1.79 bits per heavy atom. The zero-order valence-corrected chi connectivity index (χ0v) is 19.6. The molecule has 0 aromatic carbocycles. The topological polar surface area (TPSA) is 74.3 Å². The molecule has 1 atom stereocenters. The van der Waals surface area contributed by atoms with Crippen LogP contribution in [-0.4, -0.2) is 59.3 Å². The number of carbonyl (C=O) groups is 1. The maximum absolute atomic E-state index is 12.2. The second kappa shape index (κ2) is 12.3. The van der Waals surface area contributed by atoms with E-state index in [4.69, 9.17) is 0 Å². The van der Waals surface area contributed by atoms with Gasteiger partial charge in [0.15, 0.2) is 21.7 Å². The highest BCUT2D eigenvalue weighted by molar-refractivity contribution is 7.97. The number of hydrogen-bond acceptors (Lipinski definition) is 4. The van der Waals surface area contributed by atoms with Crippen molar-refractivity contribution < 1.29 is 57.3 Å². The second-order valence-electron chi connectivity index (χ2n) is 7.71. The molecule has 0 radical (unpaired) electrons. The Bertz CT molecular complexity index is 719. The van der Waals surface area contributed by atoms with Gasteiger partial charge in [0.05, 0.1) is 6.26 Å². The monoisotopic (exact) mass is 542 g/mol. The highest BCUT2D eigenvalue weighted by Crippen LogP contribution is 2.54. The Morgan fingerprint density at radius 2 is 1.39 bits per heavy atom. The van der Waals surface area contributed by atoms with Gasteiger partial charge in [-0.05, 0) is 43.0 Å². The van der Waals surface area contributed by atoms with Crippen molar-refractivity contribution in [3.63, 3.8) is 0 Å². The molecule has 1 aliphatic rings. The van der Waals surface area contributed by atoms with Gasteiger partial charge in [-0.15, -0.1) is 0 Å². The van der Waals surface area contributed by atoms with Crippen molar-refractivity contribution in [2.45, 2.75) is 93.2 Å². The van der Waals surface area contributed by atoms with Crippen LogP contribution in [0.25, 0.3) is 0 Å². The smallest absolute Gasteiger partial charge is 0.460 e. The quantitative estimate of drug-likeness (QED) is 0.154. The van der Waals surface area contributed by atoms with E-state index >= 15 is 0 Å². The largest absolute Gasteiger partial charge is 0.743 e. The number of rotatable bonds is 10. The van der Waals surface area contributed by atoms with E-state index in [0.717, 1.165) is 23.8 Å². The van der Waals surface area contributed by atoms with Gasteiger partial charge in [-0.2, -0.15) is 39.5 Å². The first-order valence-electron chi connectivity index (χ1n) is 10.0. The van der Waals surface area contributed by atoms with Crippen molar-refractivity contribution >= 4 is 26.8 Å². The minimum atomic E-state index is -7.43. The number of ketones is 1. The Labute approximate surface area is 189 Å². The molecule has 1 unspecified atom stereocenters. The average Bonchev–Trinajstić information content (AvgIpc) is 2.67. The Balaban J connectivity index is 0.000000621. The minimum absolute atomic E-state index is 0.358. The highest BCUT2D eigenvalue weighted by Gasteiger charge is 2.83. The van der Waals surface area contributed by atoms with Gasteiger partial charge in [-0.25, -0.2) is 8.42 Å². The first kappa shape index (κ1) is 32.3. The predicted molar refractivity (Wildman–Crippen MR) is 105 cm³/mol. The van der Waals surface area contributed by atoms with E-state index in [9.17, 15) is 57.3 Å². The molecule has 0 heterocycles. The molecule has 0 aromatic heterocycles. The molecule has 0 amide bonds. The second-order valence-corrected chi connectivity index (χ2v) is 11.5. The van der Waals surface area contributed by atoms with E-state index in [-0.39, 0.29) is 0 Å². The summed E-state index contributed by atoms with van der Waals surface area (Å²) in [4.78, 5) is 11.8. The van der Waals surface area contributed by atoms with E-state index in [0.29, 0.717) is 16.7 Å². The lowest BCUT2D eigenvalue weighted by molar-refractivity contribution is -0.382. The molecular formula is C18H27F9O4S2. The SMILES string of the molecule is CCCCCC(=O)C[S+](C)C1CCCCC1.O=S(=O)([O-])C(F)(F)C(F)(F)C(F)(F)C(F)(F)F. The number of halogens is 9. The molecule has 0 bridgehead atoms. The summed E-state index contributed by atoms with van der Waals surface area (Å²) in [6, 6.07) is 0. The molecule has 198 valence electrons. The van der Waals surface area contributed by atoms with Crippen molar-refractivity contribution in [3.8, 4) is 0 Å². The fraction of sp³-hybridized carbons (Fsp3) is 0.944. The fourth-order valence-electron chi connectivity index (χ4n) is 3.00. The van der Waals surface area contributed by atoms with Crippen molar-refractivity contribution in [2.24, 2.45) is 0 Å². The lowest BCUT2D eigenvalue weighted by Gasteiger charge is -2.34. The highest BCUT2D eigenvalue weighted by atomic mass is 32.2. The van der Waals surface area contributed by atoms with Crippen LogP contribution in [0.4, 0.5) is 39.5 Å². The van der Waals surface area contributed by atoms with Gasteiger partial charge in [0, 0.05) is 6.42 Å². The molecule has 1 aliphatic carbocycles. The zero-order chi connectivity index (χ0) is 26.3. The number of Topliss-reactive ketones (excluding diaryl/α,β-unsaturated/α-hetero) is 1. The van der Waals surface area contributed by atoms with Crippen LogP contribution in [0.15, 0.2) is 0 Å². The van der Waals surface area contributed by atoms with Gasteiger partial charge >= 0.3 is 23.3 Å². The molecule has 0 aliphatic heterocycles. The summed E-state index contributed by atoms with van der Waals surface area (Å²) in [5.74, 6) is -13.4. The Morgan fingerprint density at radius 1 is 0.909 bits per heavy atom. The summed E-state index contributed by atoms with van der Waals surface area (Å²) in [7, 11) is -7.06. The molecule has 1 rings (SSSR count). The minimum Gasteiger partial charge on any atom is -0.743 e. The number of unbranched alkanes of at least 4 members (excludes halogenated alkanes) is 2. The summed E-state index contributed by atoms with van der Waals surface area (Å²) in [5, 5.41) is -6.25. The van der Waals surface area contributed by atoms with Crippen LogP contribution in [0, 0.1) is 0 Å². The zero-order valence-electron chi connectivity index (χ0n) is 18.0. The van der Waals surface area contributed by atoms with Gasteiger partial charge in [0.25, 0.3) is 0 Å². The summed E-state index contributed by atoms with van der Waals surface area (Å²) in [6.07, 6.45) is 6.48. The predicted octanol–water partition coefficient (Wildman–Crippen LogP) is 5.67.